The maximum absolute atomic E-state index is 12.7. The summed E-state index contributed by atoms with van der Waals surface area (Å²) in [7, 11) is 0. The van der Waals surface area contributed by atoms with E-state index in [0.717, 1.165) is 29.9 Å². The molecular formula is C25H35N3O3. The molecule has 6 heteroatoms. The predicted octanol–water partition coefficient (Wildman–Crippen LogP) is 5.77. The van der Waals surface area contributed by atoms with E-state index in [4.69, 9.17) is 5.11 Å². The first-order chi connectivity index (χ1) is 14.6. The molecule has 0 aliphatic heterocycles. The van der Waals surface area contributed by atoms with Crippen molar-refractivity contribution in [3.8, 4) is 0 Å². The highest BCUT2D eigenvalue weighted by molar-refractivity contribution is 6.02. The van der Waals surface area contributed by atoms with E-state index >= 15 is 0 Å². The highest BCUT2D eigenvalue weighted by Gasteiger charge is 2.17. The Morgan fingerprint density at radius 2 is 1.55 bits per heavy atom. The number of aryl methyl sites for hydroxylation is 2. The number of anilines is 3. The minimum absolute atomic E-state index is 0.0516. The molecule has 0 fully saturated rings. The summed E-state index contributed by atoms with van der Waals surface area (Å²) in [5.74, 6) is 0.0799. The van der Waals surface area contributed by atoms with Gasteiger partial charge in [0.05, 0.1) is 11.4 Å². The predicted molar refractivity (Wildman–Crippen MR) is 128 cm³/mol. The monoisotopic (exact) mass is 425 g/mol. The van der Waals surface area contributed by atoms with Gasteiger partial charge in [-0.1, -0.05) is 51.5 Å². The minimum Gasteiger partial charge on any atom is -0.481 e. The molecule has 0 saturated heterocycles. The molecule has 0 aliphatic carbocycles. The molecule has 0 aromatic heterocycles. The number of nitrogens with one attached hydrogen (secondary N) is 2. The van der Waals surface area contributed by atoms with Crippen LogP contribution >= 0.6 is 0 Å². The molecule has 0 bridgehead atoms. The number of hydrogen-bond donors (Lipinski definition) is 3. The lowest BCUT2D eigenvalue weighted by Gasteiger charge is -2.30. The number of carbonyl (C=O) groups excluding carboxylic acids is 1. The van der Waals surface area contributed by atoms with E-state index in [0.29, 0.717) is 29.6 Å². The fourth-order valence-corrected chi connectivity index (χ4v) is 3.44. The zero-order valence-electron chi connectivity index (χ0n) is 19.2. The van der Waals surface area contributed by atoms with Crippen LogP contribution in [0.15, 0.2) is 42.5 Å². The first-order valence-electron chi connectivity index (χ1n) is 10.9. The smallest absolute Gasteiger partial charge is 0.323 e. The zero-order chi connectivity index (χ0) is 23.0. The average Bonchev–Trinajstić information content (AvgIpc) is 2.67. The van der Waals surface area contributed by atoms with E-state index in [-0.39, 0.29) is 12.5 Å². The van der Waals surface area contributed by atoms with Crippen molar-refractivity contribution in [1.29, 1.82) is 0 Å². The lowest BCUT2D eigenvalue weighted by molar-refractivity contribution is -0.136. The number of carboxylic acids is 1. The summed E-state index contributed by atoms with van der Waals surface area (Å²) in [6.07, 6.45) is 0.467. The van der Waals surface area contributed by atoms with Gasteiger partial charge >= 0.3 is 12.0 Å². The van der Waals surface area contributed by atoms with Gasteiger partial charge in [0.2, 0.25) is 0 Å². The Morgan fingerprint density at radius 3 is 2.10 bits per heavy atom. The number of urea groups is 1. The molecule has 0 unspecified atom stereocenters. The number of carbonyl (C=O) groups is 2. The van der Waals surface area contributed by atoms with Gasteiger partial charge in [-0.25, -0.2) is 4.79 Å². The van der Waals surface area contributed by atoms with Crippen molar-refractivity contribution in [1.82, 2.24) is 0 Å². The molecular weight excluding hydrogens is 390 g/mol. The third kappa shape index (κ3) is 8.32. The number of benzene rings is 2. The van der Waals surface area contributed by atoms with E-state index in [1.54, 1.807) is 0 Å². The Hall–Kier alpha value is -3.02. The Bertz CT molecular complexity index is 866. The topological polar surface area (TPSA) is 81.7 Å². The molecule has 0 saturated carbocycles. The Balaban J connectivity index is 2.31. The van der Waals surface area contributed by atoms with Crippen molar-refractivity contribution < 1.29 is 14.7 Å². The van der Waals surface area contributed by atoms with E-state index in [1.807, 2.05) is 49.4 Å². The van der Waals surface area contributed by atoms with Gasteiger partial charge in [-0.05, 0) is 55.0 Å². The number of aliphatic carboxylic acids is 1. The second-order valence-corrected chi connectivity index (χ2v) is 8.88. The number of hydrogen-bond acceptors (Lipinski definition) is 3. The highest BCUT2D eigenvalue weighted by atomic mass is 16.4. The van der Waals surface area contributed by atoms with Crippen LogP contribution in [-0.4, -0.2) is 30.2 Å². The molecule has 0 radical (unpaired) electrons. The van der Waals surface area contributed by atoms with E-state index in [2.05, 4.69) is 43.2 Å². The summed E-state index contributed by atoms with van der Waals surface area (Å²) < 4.78 is 0. The molecule has 0 atom stereocenters. The third-order valence-corrected chi connectivity index (χ3v) is 4.76. The highest BCUT2D eigenvalue weighted by Crippen LogP contribution is 2.30. The van der Waals surface area contributed by atoms with Crippen LogP contribution in [0.2, 0.25) is 0 Å². The largest absolute Gasteiger partial charge is 0.481 e. The second kappa shape index (κ2) is 11.4. The Labute approximate surface area is 185 Å². The summed E-state index contributed by atoms with van der Waals surface area (Å²) in [5, 5.41) is 14.9. The Morgan fingerprint density at radius 1 is 0.935 bits per heavy atom. The molecule has 168 valence electrons. The number of amides is 2. The fourth-order valence-electron chi connectivity index (χ4n) is 3.44. The van der Waals surface area contributed by atoms with Gasteiger partial charge in [0.25, 0.3) is 0 Å². The van der Waals surface area contributed by atoms with Gasteiger partial charge in [0.1, 0.15) is 0 Å². The normalized spacial score (nSPS) is 10.9. The molecule has 3 N–H and O–H groups in total. The number of rotatable bonds is 10. The first kappa shape index (κ1) is 24.3. The maximum atomic E-state index is 12.7. The quantitative estimate of drug-likeness (QED) is 0.451. The van der Waals surface area contributed by atoms with Crippen molar-refractivity contribution in [2.24, 2.45) is 11.8 Å². The molecule has 0 spiro atoms. The van der Waals surface area contributed by atoms with E-state index in [9.17, 15) is 9.59 Å². The summed E-state index contributed by atoms with van der Waals surface area (Å²) in [4.78, 5) is 26.0. The van der Waals surface area contributed by atoms with Crippen molar-refractivity contribution in [2.45, 2.75) is 47.5 Å². The van der Waals surface area contributed by atoms with Gasteiger partial charge in [-0.15, -0.1) is 0 Å². The van der Waals surface area contributed by atoms with Crippen molar-refractivity contribution in [3.63, 3.8) is 0 Å². The summed E-state index contributed by atoms with van der Waals surface area (Å²) >= 11 is 0. The van der Waals surface area contributed by atoms with Gasteiger partial charge in [0, 0.05) is 25.2 Å². The van der Waals surface area contributed by atoms with E-state index < -0.39 is 5.97 Å². The van der Waals surface area contributed by atoms with Crippen LogP contribution in [0.25, 0.3) is 0 Å². The van der Waals surface area contributed by atoms with Crippen molar-refractivity contribution >= 4 is 29.1 Å². The first-order valence-corrected chi connectivity index (χ1v) is 10.9. The van der Waals surface area contributed by atoms with Crippen molar-refractivity contribution in [3.05, 3.63) is 53.6 Å². The van der Waals surface area contributed by atoms with Crippen LogP contribution in [0, 0.1) is 18.8 Å². The average molecular weight is 426 g/mol. The molecule has 2 rings (SSSR count). The molecule has 2 aromatic carbocycles. The lowest BCUT2D eigenvalue weighted by Crippen LogP contribution is -2.32. The van der Waals surface area contributed by atoms with Crippen LogP contribution in [0.3, 0.4) is 0 Å². The van der Waals surface area contributed by atoms with Crippen LogP contribution in [0.1, 0.15) is 45.2 Å². The molecule has 2 aromatic rings. The Kier molecular flexibility index (Phi) is 8.91. The summed E-state index contributed by atoms with van der Waals surface area (Å²) in [5.41, 5.74) is 4.35. The van der Waals surface area contributed by atoms with Gasteiger partial charge in [-0.2, -0.15) is 0 Å². The van der Waals surface area contributed by atoms with Crippen LogP contribution in [-0.2, 0) is 11.2 Å². The molecule has 0 heterocycles. The molecule has 31 heavy (non-hydrogen) atoms. The molecule has 2 amide bonds. The van der Waals surface area contributed by atoms with Gasteiger partial charge in [-0.3, -0.25) is 4.79 Å². The lowest BCUT2D eigenvalue weighted by atomic mass is 10.1. The standard InChI is InChI=1S/C25H35N3O3/c1-17(2)15-28(16-18(3)4)23-12-8-20(9-13-24(29)30)14-22(23)27-25(31)26-21-10-6-19(5)7-11-21/h6-8,10-12,14,17-18H,9,13,15-16H2,1-5H3,(H,29,30)(H2,26,27,31). The van der Waals surface area contributed by atoms with Gasteiger partial charge in [0.15, 0.2) is 0 Å². The molecule has 6 nitrogen and oxygen atoms in total. The van der Waals surface area contributed by atoms with E-state index in [1.165, 1.54) is 0 Å². The maximum Gasteiger partial charge on any atom is 0.323 e. The van der Waals surface area contributed by atoms with Crippen LogP contribution < -0.4 is 15.5 Å². The van der Waals surface area contributed by atoms with Crippen LogP contribution in [0.5, 0.6) is 0 Å². The summed E-state index contributed by atoms with van der Waals surface area (Å²) in [6.45, 7) is 12.4. The van der Waals surface area contributed by atoms with Gasteiger partial charge < -0.3 is 20.6 Å². The number of carboxylic acid groups (broad SMARTS) is 1. The van der Waals surface area contributed by atoms with Crippen molar-refractivity contribution in [2.75, 3.05) is 28.6 Å². The molecule has 0 aliphatic rings. The van der Waals surface area contributed by atoms with Crippen LogP contribution in [0.4, 0.5) is 21.9 Å². The second-order valence-electron chi connectivity index (χ2n) is 8.88. The fraction of sp³-hybridized carbons (Fsp3) is 0.440. The minimum atomic E-state index is -0.836. The third-order valence-electron chi connectivity index (χ3n) is 4.76. The number of nitrogens with zero attached hydrogens (tertiary/aromatic N) is 1. The zero-order valence-corrected chi connectivity index (χ0v) is 19.2. The SMILES string of the molecule is Cc1ccc(NC(=O)Nc2cc(CCC(=O)O)ccc2N(CC(C)C)CC(C)C)cc1. The summed E-state index contributed by atoms with van der Waals surface area (Å²) in [6, 6.07) is 13.1.